The summed E-state index contributed by atoms with van der Waals surface area (Å²) in [5.74, 6) is -0.243. The van der Waals surface area contributed by atoms with Crippen LogP contribution in [0.3, 0.4) is 0 Å². The Labute approximate surface area is 240 Å². The van der Waals surface area contributed by atoms with Crippen molar-refractivity contribution in [2.24, 2.45) is 5.92 Å². The predicted octanol–water partition coefficient (Wildman–Crippen LogP) is 6.01. The van der Waals surface area contributed by atoms with Crippen LogP contribution in [-0.2, 0) is 4.79 Å². The van der Waals surface area contributed by atoms with E-state index in [-0.39, 0.29) is 11.7 Å². The fourth-order valence-corrected chi connectivity index (χ4v) is 5.75. The maximum absolute atomic E-state index is 14.1. The molecule has 0 spiro atoms. The first-order valence-electron chi connectivity index (χ1n) is 13.9. The zero-order chi connectivity index (χ0) is 28.6. The largest absolute Gasteiger partial charge is 0.508 e. The number of nitrogens with one attached hydrogen (secondary N) is 4. The molecule has 4 aromatic heterocycles. The molecule has 0 unspecified atom stereocenters. The van der Waals surface area contributed by atoms with Gasteiger partial charge in [0, 0.05) is 40.5 Å². The molecule has 10 heteroatoms. The first kappa shape index (κ1) is 25.8. The number of aromatic nitrogens is 5. The average Bonchev–Trinajstić information content (AvgIpc) is 3.61. The number of aromatic amines is 2. The molecule has 1 saturated heterocycles. The molecule has 1 fully saturated rings. The SMILES string of the molecule is O=C(CC1CCNCC1)Nc1cncc(-c2cc3c(-c4cc5c(-c6cc(O)cc(F)c6)cccc5[nH]4)n[nH]c3cn2)c1. The number of anilines is 1. The lowest BCUT2D eigenvalue weighted by Gasteiger charge is -2.21. The van der Waals surface area contributed by atoms with Crippen LogP contribution in [0.4, 0.5) is 10.1 Å². The molecule has 0 atom stereocenters. The highest BCUT2D eigenvalue weighted by Crippen LogP contribution is 2.36. The average molecular weight is 562 g/mol. The van der Waals surface area contributed by atoms with Gasteiger partial charge in [-0.05, 0) is 79.4 Å². The fourth-order valence-electron chi connectivity index (χ4n) is 5.75. The number of hydrogen-bond donors (Lipinski definition) is 5. The summed E-state index contributed by atoms with van der Waals surface area (Å²) in [7, 11) is 0. The summed E-state index contributed by atoms with van der Waals surface area (Å²) in [6.45, 7) is 1.91. The number of carbonyl (C=O) groups excluding carboxylic acids is 1. The van der Waals surface area contributed by atoms with Crippen molar-refractivity contribution in [1.29, 1.82) is 0 Å². The van der Waals surface area contributed by atoms with E-state index in [0.29, 0.717) is 35.0 Å². The lowest BCUT2D eigenvalue weighted by molar-refractivity contribution is -0.117. The summed E-state index contributed by atoms with van der Waals surface area (Å²) in [6, 6.07) is 15.6. The van der Waals surface area contributed by atoms with Crippen molar-refractivity contribution in [3.63, 3.8) is 0 Å². The quantitative estimate of drug-likeness (QED) is 0.169. The number of H-pyrrole nitrogens is 2. The van der Waals surface area contributed by atoms with Gasteiger partial charge in [0.2, 0.25) is 5.91 Å². The molecule has 1 aliphatic heterocycles. The van der Waals surface area contributed by atoms with Gasteiger partial charge < -0.3 is 20.7 Å². The Bertz CT molecular complexity index is 1920. The van der Waals surface area contributed by atoms with Gasteiger partial charge in [0.15, 0.2) is 0 Å². The second-order valence-corrected chi connectivity index (χ2v) is 10.7. The van der Waals surface area contributed by atoms with Crippen LogP contribution in [0.5, 0.6) is 5.75 Å². The molecule has 0 radical (unpaired) electrons. The minimum absolute atomic E-state index is 0.00647. The fraction of sp³-hybridized carbons (Fsp3) is 0.188. The maximum Gasteiger partial charge on any atom is 0.224 e. The number of pyridine rings is 2. The van der Waals surface area contributed by atoms with E-state index in [4.69, 9.17) is 0 Å². The molecular weight excluding hydrogens is 533 g/mol. The van der Waals surface area contributed by atoms with E-state index in [1.165, 1.54) is 6.07 Å². The number of rotatable bonds is 6. The van der Waals surface area contributed by atoms with Crippen molar-refractivity contribution >= 4 is 33.4 Å². The van der Waals surface area contributed by atoms with E-state index in [9.17, 15) is 14.3 Å². The maximum atomic E-state index is 14.1. The van der Waals surface area contributed by atoms with E-state index in [2.05, 4.69) is 35.8 Å². The lowest BCUT2D eigenvalue weighted by Crippen LogP contribution is -2.30. The molecule has 0 bridgehead atoms. The number of benzene rings is 2. The van der Waals surface area contributed by atoms with Gasteiger partial charge in [-0.15, -0.1) is 0 Å². The Morgan fingerprint density at radius 1 is 0.976 bits per heavy atom. The van der Waals surface area contributed by atoms with Gasteiger partial charge in [0.25, 0.3) is 0 Å². The zero-order valence-corrected chi connectivity index (χ0v) is 22.6. The second-order valence-electron chi connectivity index (χ2n) is 10.7. The van der Waals surface area contributed by atoms with E-state index in [1.54, 1.807) is 24.7 Å². The third kappa shape index (κ3) is 5.08. The summed E-state index contributed by atoms with van der Waals surface area (Å²) in [5.41, 5.74) is 6.57. The molecule has 1 aliphatic rings. The van der Waals surface area contributed by atoms with Crippen molar-refractivity contribution in [1.82, 2.24) is 30.5 Å². The van der Waals surface area contributed by atoms with Crippen molar-refractivity contribution in [2.45, 2.75) is 19.3 Å². The van der Waals surface area contributed by atoms with Crippen LogP contribution >= 0.6 is 0 Å². The Hall–Kier alpha value is -5.09. The molecule has 1 amide bonds. The number of fused-ring (bicyclic) bond motifs is 2. The highest BCUT2D eigenvalue weighted by Gasteiger charge is 2.18. The van der Waals surface area contributed by atoms with E-state index >= 15 is 0 Å². The molecule has 6 aromatic rings. The number of piperidine rings is 1. The highest BCUT2D eigenvalue weighted by atomic mass is 19.1. The normalized spacial score (nSPS) is 14.0. The number of carbonyl (C=O) groups is 1. The van der Waals surface area contributed by atoms with Gasteiger partial charge in [-0.1, -0.05) is 12.1 Å². The first-order chi connectivity index (χ1) is 20.5. The number of halogens is 1. The van der Waals surface area contributed by atoms with Crippen LogP contribution < -0.4 is 10.6 Å². The third-order valence-corrected chi connectivity index (χ3v) is 7.81. The van der Waals surface area contributed by atoms with Crippen LogP contribution in [0, 0.1) is 11.7 Å². The van der Waals surface area contributed by atoms with Crippen molar-refractivity contribution in [2.75, 3.05) is 18.4 Å². The minimum atomic E-state index is -0.504. The van der Waals surface area contributed by atoms with Gasteiger partial charge in [0.1, 0.15) is 17.3 Å². The Balaban J connectivity index is 1.20. The zero-order valence-electron chi connectivity index (χ0n) is 22.6. The third-order valence-electron chi connectivity index (χ3n) is 7.81. The molecule has 210 valence electrons. The number of amides is 1. The summed E-state index contributed by atoms with van der Waals surface area (Å²) in [5, 5.41) is 25.6. The molecule has 0 aliphatic carbocycles. The second kappa shape index (κ2) is 10.7. The Morgan fingerprint density at radius 3 is 2.71 bits per heavy atom. The summed E-state index contributed by atoms with van der Waals surface area (Å²) in [4.78, 5) is 25.1. The molecule has 7 rings (SSSR count). The molecule has 0 saturated carbocycles. The topological polar surface area (TPSA) is 132 Å². The molecule has 5 heterocycles. The van der Waals surface area contributed by atoms with E-state index < -0.39 is 5.82 Å². The molecule has 5 N–H and O–H groups in total. The van der Waals surface area contributed by atoms with Gasteiger partial charge in [-0.3, -0.25) is 19.9 Å². The van der Waals surface area contributed by atoms with Crippen LogP contribution in [0.15, 0.2) is 73.2 Å². The molecular formula is C32H28FN7O2. The van der Waals surface area contributed by atoms with Crippen LogP contribution in [0.2, 0.25) is 0 Å². The van der Waals surface area contributed by atoms with E-state index in [0.717, 1.165) is 70.6 Å². The van der Waals surface area contributed by atoms with Gasteiger partial charge >= 0.3 is 0 Å². The monoisotopic (exact) mass is 561 g/mol. The van der Waals surface area contributed by atoms with Crippen LogP contribution in [0.25, 0.3) is 55.6 Å². The Morgan fingerprint density at radius 2 is 1.86 bits per heavy atom. The van der Waals surface area contributed by atoms with Gasteiger partial charge in [-0.2, -0.15) is 5.10 Å². The number of phenols is 1. The smallest absolute Gasteiger partial charge is 0.224 e. The number of hydrogen-bond acceptors (Lipinski definition) is 6. The van der Waals surface area contributed by atoms with Gasteiger partial charge in [0.05, 0.1) is 35.0 Å². The number of phenolic OH excluding ortho intramolecular Hbond substituents is 1. The predicted molar refractivity (Wildman–Crippen MR) is 160 cm³/mol. The van der Waals surface area contributed by atoms with Crippen LogP contribution in [-0.4, -0.2) is 49.3 Å². The highest BCUT2D eigenvalue weighted by molar-refractivity contribution is 6.01. The van der Waals surface area contributed by atoms with Gasteiger partial charge in [-0.25, -0.2) is 4.39 Å². The van der Waals surface area contributed by atoms with Crippen LogP contribution in [0.1, 0.15) is 19.3 Å². The minimum Gasteiger partial charge on any atom is -0.508 e. The molecule has 9 nitrogen and oxygen atoms in total. The standard InChI is InChI=1S/C32H28FN7O2/c33-21-9-19(11-23(41)12-21)24-2-1-3-27-25(24)13-29(38-27)32-26-14-28(36-17-30(26)39-40-32)20-10-22(16-35-15-20)37-31(42)8-18-4-6-34-7-5-18/h1-3,9-18,34,38,41H,4-8H2,(H,37,42)(H,39,40). The summed E-state index contributed by atoms with van der Waals surface area (Å²) >= 11 is 0. The summed E-state index contributed by atoms with van der Waals surface area (Å²) in [6.07, 6.45) is 7.61. The Kier molecular flexibility index (Phi) is 6.59. The first-order valence-corrected chi connectivity index (χ1v) is 13.9. The van der Waals surface area contributed by atoms with Crippen molar-refractivity contribution in [3.05, 3.63) is 79.0 Å². The molecule has 2 aromatic carbocycles. The summed E-state index contributed by atoms with van der Waals surface area (Å²) < 4.78 is 14.1. The molecule has 42 heavy (non-hydrogen) atoms. The van der Waals surface area contributed by atoms with Crippen molar-refractivity contribution in [3.8, 4) is 39.5 Å². The lowest BCUT2D eigenvalue weighted by atomic mass is 9.94. The number of aromatic hydroxyl groups is 1. The number of nitrogens with zero attached hydrogens (tertiary/aromatic N) is 3. The van der Waals surface area contributed by atoms with Crippen molar-refractivity contribution < 1.29 is 14.3 Å². The van der Waals surface area contributed by atoms with E-state index in [1.807, 2.05) is 36.4 Å².